The fourth-order valence-corrected chi connectivity index (χ4v) is 9.14. The Hall–Kier alpha value is -1.22. The first-order valence-electron chi connectivity index (χ1n) is 13.0. The normalized spacial score (nSPS) is 45.3. The number of aliphatic hydroxyl groups is 1. The molecule has 5 rings (SSSR count). The van der Waals surface area contributed by atoms with Crippen LogP contribution in [0.4, 0.5) is 11.4 Å². The van der Waals surface area contributed by atoms with Gasteiger partial charge in [-0.1, -0.05) is 6.92 Å². The average molecular weight is 425 g/mol. The van der Waals surface area contributed by atoms with Gasteiger partial charge in [0, 0.05) is 17.4 Å². The molecule has 172 valence electrons. The van der Waals surface area contributed by atoms with E-state index in [0.717, 1.165) is 54.0 Å². The molecule has 4 aliphatic carbocycles. The fraction of sp³-hybridized carbons (Fsp3) is 0.786. The molecular formula is C28H44N2O. The smallest absolute Gasteiger partial charge is 0.0622 e. The Morgan fingerprint density at radius 1 is 1.00 bits per heavy atom. The monoisotopic (exact) mass is 424 g/mol. The van der Waals surface area contributed by atoms with Crippen molar-refractivity contribution < 1.29 is 5.11 Å². The maximum atomic E-state index is 10.6. The van der Waals surface area contributed by atoms with Crippen LogP contribution in [0.1, 0.15) is 84.1 Å². The third-order valence-corrected chi connectivity index (χ3v) is 10.5. The van der Waals surface area contributed by atoms with Crippen LogP contribution in [-0.2, 0) is 0 Å². The molecule has 4 fully saturated rings. The quantitative estimate of drug-likeness (QED) is 0.492. The fourth-order valence-electron chi connectivity index (χ4n) is 9.14. The summed E-state index contributed by atoms with van der Waals surface area (Å²) in [5.41, 5.74) is 9.39. The summed E-state index contributed by atoms with van der Waals surface area (Å²) in [6.07, 6.45) is 11.7. The lowest BCUT2D eigenvalue weighted by molar-refractivity contribution is -0.100. The van der Waals surface area contributed by atoms with E-state index in [0.29, 0.717) is 11.5 Å². The molecule has 4 aliphatic rings. The molecule has 0 bridgehead atoms. The van der Waals surface area contributed by atoms with Gasteiger partial charge in [0.25, 0.3) is 0 Å². The van der Waals surface area contributed by atoms with Crippen molar-refractivity contribution in [3.05, 3.63) is 23.8 Å². The zero-order valence-electron chi connectivity index (χ0n) is 20.2. The van der Waals surface area contributed by atoms with Gasteiger partial charge in [0.15, 0.2) is 0 Å². The van der Waals surface area contributed by atoms with Gasteiger partial charge in [-0.3, -0.25) is 0 Å². The summed E-state index contributed by atoms with van der Waals surface area (Å²) in [6, 6.07) is 6.76. The minimum absolute atomic E-state index is 0.406. The molecule has 0 aliphatic heterocycles. The molecule has 9 atom stereocenters. The number of rotatable bonds is 3. The van der Waals surface area contributed by atoms with E-state index in [1.54, 1.807) is 0 Å². The summed E-state index contributed by atoms with van der Waals surface area (Å²) >= 11 is 0. The van der Waals surface area contributed by atoms with Crippen LogP contribution in [0, 0.1) is 47.8 Å². The lowest BCUT2D eigenvalue weighted by Gasteiger charge is -2.57. The Balaban J connectivity index is 1.31. The second-order valence-corrected chi connectivity index (χ2v) is 12.4. The SMILES string of the molecule is Cc1cc(N)ccc1N[C@H](C)[C@H]1CC[C@H]2[C@@H]3CC[C@@H]4C[C@](C)(O)CC[C@@H]4[C@H]3CC[C@]12C. The maximum absolute atomic E-state index is 10.6. The summed E-state index contributed by atoms with van der Waals surface area (Å²) in [4.78, 5) is 0. The van der Waals surface area contributed by atoms with Gasteiger partial charge in [-0.05, 0) is 143 Å². The second kappa shape index (κ2) is 7.68. The molecule has 4 N–H and O–H groups in total. The molecule has 1 aromatic rings. The predicted molar refractivity (Wildman–Crippen MR) is 130 cm³/mol. The molecule has 3 heteroatoms. The molecule has 0 radical (unpaired) electrons. The number of hydrogen-bond donors (Lipinski definition) is 3. The highest BCUT2D eigenvalue weighted by molar-refractivity contribution is 5.58. The minimum atomic E-state index is -0.406. The predicted octanol–water partition coefficient (Wildman–Crippen LogP) is 6.40. The topological polar surface area (TPSA) is 58.3 Å². The van der Waals surface area contributed by atoms with E-state index in [1.807, 2.05) is 6.07 Å². The van der Waals surface area contributed by atoms with Gasteiger partial charge in [-0.15, -0.1) is 0 Å². The van der Waals surface area contributed by atoms with Crippen LogP contribution < -0.4 is 11.1 Å². The highest BCUT2D eigenvalue weighted by Gasteiger charge is 2.58. The van der Waals surface area contributed by atoms with E-state index in [-0.39, 0.29) is 0 Å². The van der Waals surface area contributed by atoms with Gasteiger partial charge in [-0.2, -0.15) is 0 Å². The van der Waals surface area contributed by atoms with Crippen LogP contribution in [0.25, 0.3) is 0 Å². The summed E-state index contributed by atoms with van der Waals surface area (Å²) in [5.74, 6) is 5.17. The number of hydrogen-bond acceptors (Lipinski definition) is 3. The van der Waals surface area contributed by atoms with Crippen molar-refractivity contribution in [3.8, 4) is 0 Å². The maximum Gasteiger partial charge on any atom is 0.0622 e. The Labute approximate surface area is 189 Å². The number of nitrogens with two attached hydrogens (primary N) is 1. The highest BCUT2D eigenvalue weighted by atomic mass is 16.3. The van der Waals surface area contributed by atoms with Crippen molar-refractivity contribution in [2.45, 2.75) is 97.1 Å². The largest absolute Gasteiger partial charge is 0.399 e. The standard InChI is InChI=1S/C28H44N2O/c1-17-15-20(29)6-10-26(17)30-18(2)24-8-9-25-23-7-5-19-16-27(3,31)13-11-21(19)22(23)12-14-28(24,25)4/h6,10,15,18-19,21-25,30-31H,5,7-9,11-14,16,29H2,1-4H3/t18-,19-,21+,22-,23-,24-,25+,27-,28-/m1/s1. The molecule has 3 nitrogen and oxygen atoms in total. The third kappa shape index (κ3) is 3.69. The second-order valence-electron chi connectivity index (χ2n) is 12.4. The molecule has 1 aromatic carbocycles. The first kappa shape index (κ1) is 21.6. The Bertz CT molecular complexity index is 819. The molecule has 0 saturated heterocycles. The molecule has 0 heterocycles. The van der Waals surface area contributed by atoms with Crippen LogP contribution in [0.3, 0.4) is 0 Å². The zero-order valence-corrected chi connectivity index (χ0v) is 20.2. The summed E-state index contributed by atoms with van der Waals surface area (Å²) in [6.45, 7) is 9.29. The van der Waals surface area contributed by atoms with Crippen LogP contribution in [-0.4, -0.2) is 16.7 Å². The molecule has 0 spiro atoms. The highest BCUT2D eigenvalue weighted by Crippen LogP contribution is 2.65. The molecule has 0 amide bonds. The van der Waals surface area contributed by atoms with Crippen molar-refractivity contribution in [1.29, 1.82) is 0 Å². The van der Waals surface area contributed by atoms with Gasteiger partial charge in [0.05, 0.1) is 5.60 Å². The van der Waals surface area contributed by atoms with Crippen LogP contribution in [0.15, 0.2) is 18.2 Å². The lowest BCUT2D eigenvalue weighted by Crippen LogP contribution is -2.51. The van der Waals surface area contributed by atoms with E-state index < -0.39 is 5.60 Å². The van der Waals surface area contributed by atoms with Gasteiger partial charge in [0.2, 0.25) is 0 Å². The third-order valence-electron chi connectivity index (χ3n) is 10.5. The minimum Gasteiger partial charge on any atom is -0.399 e. The Kier molecular flexibility index (Phi) is 5.35. The van der Waals surface area contributed by atoms with E-state index in [2.05, 4.69) is 45.1 Å². The first-order valence-corrected chi connectivity index (χ1v) is 13.0. The van der Waals surface area contributed by atoms with Crippen molar-refractivity contribution in [2.75, 3.05) is 11.1 Å². The van der Waals surface area contributed by atoms with Crippen molar-refractivity contribution in [3.63, 3.8) is 0 Å². The summed E-state index contributed by atoms with van der Waals surface area (Å²) < 4.78 is 0. The lowest BCUT2D eigenvalue weighted by atomic mass is 9.49. The molecule has 0 aromatic heterocycles. The molecule has 0 unspecified atom stereocenters. The Morgan fingerprint density at radius 2 is 1.77 bits per heavy atom. The van der Waals surface area contributed by atoms with Crippen molar-refractivity contribution in [2.24, 2.45) is 40.9 Å². The number of fused-ring (bicyclic) bond motifs is 5. The Morgan fingerprint density at radius 3 is 2.55 bits per heavy atom. The van der Waals surface area contributed by atoms with Gasteiger partial charge in [-0.25, -0.2) is 0 Å². The van der Waals surface area contributed by atoms with Crippen molar-refractivity contribution in [1.82, 2.24) is 0 Å². The number of aryl methyl sites for hydroxylation is 1. The van der Waals surface area contributed by atoms with Gasteiger partial charge < -0.3 is 16.2 Å². The average Bonchev–Trinajstić information content (AvgIpc) is 3.06. The first-order chi connectivity index (χ1) is 14.7. The molecule has 31 heavy (non-hydrogen) atoms. The number of anilines is 2. The van der Waals surface area contributed by atoms with Gasteiger partial charge in [0.1, 0.15) is 0 Å². The molecule has 4 saturated carbocycles. The van der Waals surface area contributed by atoms with Crippen LogP contribution >= 0.6 is 0 Å². The molecular weight excluding hydrogens is 380 g/mol. The van der Waals surface area contributed by atoms with Gasteiger partial charge >= 0.3 is 0 Å². The number of benzene rings is 1. The zero-order chi connectivity index (χ0) is 22.0. The van der Waals surface area contributed by atoms with Crippen LogP contribution in [0.5, 0.6) is 0 Å². The number of nitrogen functional groups attached to an aromatic ring is 1. The van der Waals surface area contributed by atoms with Crippen LogP contribution in [0.2, 0.25) is 0 Å². The van der Waals surface area contributed by atoms with Crippen molar-refractivity contribution >= 4 is 11.4 Å². The van der Waals surface area contributed by atoms with E-state index in [1.165, 1.54) is 56.2 Å². The summed E-state index contributed by atoms with van der Waals surface area (Å²) in [5, 5.41) is 14.5. The van der Waals surface area contributed by atoms with E-state index in [9.17, 15) is 5.11 Å². The summed E-state index contributed by atoms with van der Waals surface area (Å²) in [7, 11) is 0. The number of nitrogens with one attached hydrogen (secondary N) is 1. The van der Waals surface area contributed by atoms with E-state index >= 15 is 0 Å². The van der Waals surface area contributed by atoms with E-state index in [4.69, 9.17) is 5.73 Å².